The molecule has 4 aliphatic heterocycles. The summed E-state index contributed by atoms with van der Waals surface area (Å²) >= 11 is 0. The highest BCUT2D eigenvalue weighted by Crippen LogP contribution is 2.52. The third-order valence-corrected chi connectivity index (χ3v) is 12.1. The van der Waals surface area contributed by atoms with Crippen molar-refractivity contribution in [2.45, 2.75) is 74.5 Å². The van der Waals surface area contributed by atoms with Gasteiger partial charge in [0.05, 0.1) is 31.5 Å². The number of anilines is 1. The molecule has 1 amide bonds. The lowest BCUT2D eigenvalue weighted by molar-refractivity contribution is -0.325. The average Bonchev–Trinajstić information content (AvgIpc) is 3.70. The van der Waals surface area contributed by atoms with E-state index in [4.69, 9.17) is 24.7 Å². The number of nitrogens with zero attached hydrogens (tertiary/aromatic N) is 4. The van der Waals surface area contributed by atoms with Crippen LogP contribution in [0.2, 0.25) is 0 Å². The maximum Gasteiger partial charge on any atom is 0.302 e. The van der Waals surface area contributed by atoms with Gasteiger partial charge < -0.3 is 70.1 Å². The molecule has 0 aromatic heterocycles. The van der Waals surface area contributed by atoms with E-state index in [1.807, 2.05) is 0 Å². The minimum atomic E-state index is -2.54. The number of rotatable bonds is 13. The number of nitrogens with two attached hydrogens (primary N) is 1. The van der Waals surface area contributed by atoms with E-state index in [0.29, 0.717) is 23.1 Å². The Morgan fingerprint density at radius 2 is 1.77 bits per heavy atom. The topological polar surface area (TPSA) is 313 Å². The number of ether oxygens (including phenoxy) is 4. The van der Waals surface area contributed by atoms with E-state index < -0.39 is 97.6 Å². The highest BCUT2D eigenvalue weighted by molar-refractivity contribution is 6.72. The van der Waals surface area contributed by atoms with Crippen molar-refractivity contribution in [3.63, 3.8) is 0 Å². The van der Waals surface area contributed by atoms with Gasteiger partial charge >= 0.3 is 5.91 Å². The zero-order chi connectivity index (χ0) is 45.4. The van der Waals surface area contributed by atoms with Gasteiger partial charge in [0.25, 0.3) is 0 Å². The van der Waals surface area contributed by atoms with E-state index in [1.54, 1.807) is 29.2 Å². The van der Waals surface area contributed by atoms with E-state index >= 15 is 0 Å². The summed E-state index contributed by atoms with van der Waals surface area (Å²) in [4.78, 5) is 68.2. The molecule has 0 saturated carbocycles. The molecule has 1 saturated heterocycles. The molecule has 2 bridgehead atoms. The molecule has 4 heterocycles. The number of guanidine groups is 1. The number of hydrogen-bond donors (Lipinski definition) is 8. The van der Waals surface area contributed by atoms with Crippen molar-refractivity contribution in [1.29, 1.82) is 0 Å². The lowest BCUT2D eigenvalue weighted by Gasteiger charge is -2.47. The average molecular weight is 886 g/mol. The van der Waals surface area contributed by atoms with Crippen LogP contribution in [0.3, 0.4) is 0 Å². The molecule has 64 heavy (non-hydrogen) atoms. The van der Waals surface area contributed by atoms with Gasteiger partial charge in [-0.1, -0.05) is 24.3 Å². The van der Waals surface area contributed by atoms with Crippen LogP contribution in [-0.4, -0.2) is 153 Å². The smallest absolute Gasteiger partial charge is 0.302 e. The first-order chi connectivity index (χ1) is 30.8. The fourth-order valence-corrected chi connectivity index (χ4v) is 8.96. The van der Waals surface area contributed by atoms with E-state index in [1.165, 1.54) is 24.3 Å². The van der Waals surface area contributed by atoms with Crippen LogP contribution in [0.1, 0.15) is 80.1 Å². The number of carbonyl (C=O) groups excluding carboxylic acids is 4. The van der Waals surface area contributed by atoms with Crippen LogP contribution < -0.4 is 20.1 Å². The molecule has 20 heteroatoms. The highest BCUT2D eigenvalue weighted by Gasteiger charge is 2.57. The Morgan fingerprint density at radius 3 is 2.52 bits per heavy atom. The van der Waals surface area contributed by atoms with E-state index in [0.717, 1.165) is 0 Å². The summed E-state index contributed by atoms with van der Waals surface area (Å²) in [5.41, 5.74) is 4.14. The molecule has 3 aromatic rings. The SMILES string of the molecule is NC1=NC(=O)C2=NCN(c3ccccc3C3c4cc5c(c(OCC(O)CC=O)c4OC4OC(COCC3CCCO)C(O)C(O)C4(O)CCO)C(=O)c3cc(CO)ccc3C5=O)C2=N1. The summed E-state index contributed by atoms with van der Waals surface area (Å²) in [5.74, 6) is -4.71. The van der Waals surface area contributed by atoms with E-state index in [9.17, 15) is 54.9 Å². The number of para-hydroxylation sites is 1. The molecule has 8 rings (SSSR count). The zero-order valence-corrected chi connectivity index (χ0v) is 34.3. The number of aliphatic hydroxyl groups excluding tert-OH is 6. The number of aldehydes is 1. The Bertz CT molecular complexity index is 2460. The Balaban J connectivity index is 1.45. The van der Waals surface area contributed by atoms with Gasteiger partial charge in [-0.15, -0.1) is 0 Å². The summed E-state index contributed by atoms with van der Waals surface area (Å²) in [6, 6.07) is 12.7. The largest absolute Gasteiger partial charge is 0.486 e. The Morgan fingerprint density at radius 1 is 0.969 bits per heavy atom. The van der Waals surface area contributed by atoms with Gasteiger partial charge in [0.15, 0.2) is 40.2 Å². The van der Waals surface area contributed by atoms with E-state index in [-0.39, 0.29) is 96.8 Å². The number of carbonyl (C=O) groups is 4. The minimum Gasteiger partial charge on any atom is -0.486 e. The first-order valence-electron chi connectivity index (χ1n) is 20.7. The van der Waals surface area contributed by atoms with Gasteiger partial charge in [0, 0.05) is 59.9 Å². The third kappa shape index (κ3) is 7.90. The molecule has 0 spiro atoms. The second-order valence-electron chi connectivity index (χ2n) is 16.1. The monoisotopic (exact) mass is 885 g/mol. The molecule has 3 aromatic carbocycles. The van der Waals surface area contributed by atoms with Crippen molar-refractivity contribution < 1.29 is 73.9 Å². The molecule has 20 nitrogen and oxygen atoms in total. The lowest BCUT2D eigenvalue weighted by Crippen LogP contribution is -2.68. The maximum absolute atomic E-state index is 14.8. The van der Waals surface area contributed by atoms with Crippen molar-refractivity contribution in [3.05, 3.63) is 87.5 Å². The standard InChI is InChI=1S/C44H47N5O15/c45-43-47-40-33(41(59)48-43)46-20-49(40)29-6-2-1-5-25(29)31-22(4-3-11-50)17-61-19-30-36(57)39(58)44(60,10-13-52)42(63-30)64-37-28(31)15-27-32(38(37)62-18-23(54)9-12-51)35(56)26-14-21(16-53)7-8-24(26)34(27)55/h1-2,5-8,12,14-15,22-23,30-31,36,39,42,50,52-54,57-58,60H,3-4,9-11,13,16-20H2,(H2,45,48,59). The first-order valence-corrected chi connectivity index (χ1v) is 20.7. The van der Waals surface area contributed by atoms with Crippen LogP contribution in [0.5, 0.6) is 11.5 Å². The molecular weight excluding hydrogens is 839 g/mol. The molecule has 8 unspecified atom stereocenters. The quantitative estimate of drug-likeness (QED) is 0.0766. The van der Waals surface area contributed by atoms with Crippen LogP contribution >= 0.6 is 0 Å². The van der Waals surface area contributed by atoms with Crippen LogP contribution in [0, 0.1) is 5.92 Å². The van der Waals surface area contributed by atoms with Crippen molar-refractivity contribution >= 4 is 47.0 Å². The number of aliphatic imine (C=N–C) groups is 3. The predicted octanol–water partition coefficient (Wildman–Crippen LogP) is -0.755. The highest BCUT2D eigenvalue weighted by atomic mass is 16.7. The predicted molar refractivity (Wildman–Crippen MR) is 224 cm³/mol. The van der Waals surface area contributed by atoms with Gasteiger partial charge in [-0.25, -0.2) is 0 Å². The van der Waals surface area contributed by atoms with Crippen molar-refractivity contribution in [2.75, 3.05) is 44.6 Å². The van der Waals surface area contributed by atoms with Crippen molar-refractivity contribution in [3.8, 4) is 11.5 Å². The zero-order valence-electron chi connectivity index (χ0n) is 34.3. The normalized spacial score (nSPS) is 26.8. The van der Waals surface area contributed by atoms with Gasteiger partial charge in [-0.2, -0.15) is 9.98 Å². The van der Waals surface area contributed by atoms with Crippen LogP contribution in [-0.2, 0) is 25.7 Å². The van der Waals surface area contributed by atoms with Crippen LogP contribution in [0.25, 0.3) is 0 Å². The van der Waals surface area contributed by atoms with Gasteiger partial charge in [-0.3, -0.25) is 19.4 Å². The number of amidine groups is 1. The summed E-state index contributed by atoms with van der Waals surface area (Å²) < 4.78 is 25.5. The summed E-state index contributed by atoms with van der Waals surface area (Å²) in [7, 11) is 0. The number of amides is 1. The minimum absolute atomic E-state index is 0.00477. The third-order valence-electron chi connectivity index (χ3n) is 12.1. The number of fused-ring (bicyclic) bond motifs is 6. The molecule has 1 aliphatic carbocycles. The Labute approximate surface area is 364 Å². The maximum atomic E-state index is 14.8. The Kier molecular flexibility index (Phi) is 12.8. The first kappa shape index (κ1) is 44.8. The lowest BCUT2D eigenvalue weighted by atomic mass is 9.74. The number of aliphatic hydroxyl groups is 7. The molecule has 0 radical (unpaired) electrons. The second-order valence-corrected chi connectivity index (χ2v) is 16.1. The fourth-order valence-electron chi connectivity index (χ4n) is 8.96. The second kappa shape index (κ2) is 18.4. The van der Waals surface area contributed by atoms with Crippen molar-refractivity contribution in [2.24, 2.45) is 26.6 Å². The van der Waals surface area contributed by atoms with Gasteiger partial charge in [0.1, 0.15) is 37.9 Å². The van der Waals surface area contributed by atoms with Crippen LogP contribution in [0.4, 0.5) is 5.69 Å². The summed E-state index contributed by atoms with van der Waals surface area (Å²) in [6.07, 6.45) is -8.56. The van der Waals surface area contributed by atoms with Gasteiger partial charge in [-0.05, 0) is 54.2 Å². The Hall–Kier alpha value is -5.81. The summed E-state index contributed by atoms with van der Waals surface area (Å²) in [6.45, 7) is -2.65. The molecule has 9 N–H and O–H groups in total. The molecule has 5 aliphatic rings. The number of benzene rings is 3. The van der Waals surface area contributed by atoms with Gasteiger partial charge in [0.2, 0.25) is 12.2 Å². The molecule has 8 atom stereocenters. The summed E-state index contributed by atoms with van der Waals surface area (Å²) in [5, 5.41) is 76.2. The molecular formula is C44H47N5O15. The van der Waals surface area contributed by atoms with Crippen LogP contribution in [0.15, 0.2) is 63.5 Å². The van der Waals surface area contributed by atoms with E-state index in [2.05, 4.69) is 15.0 Å². The number of hydrogen-bond acceptors (Lipinski definition) is 19. The molecule has 338 valence electrons. The van der Waals surface area contributed by atoms with Crippen molar-refractivity contribution in [1.82, 2.24) is 0 Å². The number of ketones is 2. The molecule has 1 fully saturated rings. The fraction of sp³-hybridized carbons (Fsp3) is 0.432.